The third-order valence-corrected chi connectivity index (χ3v) is 9.70. The zero-order valence-corrected chi connectivity index (χ0v) is 38.6. The van der Waals surface area contributed by atoms with Gasteiger partial charge >= 0.3 is 11.9 Å². The van der Waals surface area contributed by atoms with E-state index < -0.39 is 18.1 Å². The van der Waals surface area contributed by atoms with Crippen LogP contribution in [0.2, 0.25) is 0 Å². The molecule has 0 aliphatic heterocycles. The predicted octanol–water partition coefficient (Wildman–Crippen LogP) is 11.7. The lowest BCUT2D eigenvalue weighted by atomic mass is 10.1. The van der Waals surface area contributed by atoms with Gasteiger partial charge in [0.1, 0.15) is 12.6 Å². The maximum Gasteiger partial charge on any atom is 0.306 e. The minimum atomic E-state index is -1.14. The van der Waals surface area contributed by atoms with E-state index in [4.69, 9.17) is 14.2 Å². The first-order valence-corrected chi connectivity index (χ1v) is 23.3. The van der Waals surface area contributed by atoms with Gasteiger partial charge in [-0.05, 0) is 89.9 Å². The third kappa shape index (κ3) is 39.7. The summed E-state index contributed by atoms with van der Waals surface area (Å²) in [6.07, 6.45) is 55.9. The Morgan fingerprint density at radius 1 is 0.517 bits per heavy atom. The van der Waals surface area contributed by atoms with E-state index in [1.807, 2.05) is 0 Å². The van der Waals surface area contributed by atoms with Crippen LogP contribution in [0.25, 0.3) is 0 Å². The van der Waals surface area contributed by atoms with Crippen molar-refractivity contribution in [3.63, 3.8) is 0 Å². The summed E-state index contributed by atoms with van der Waals surface area (Å²) in [5, 5.41) is 11.6. The number of carboxylic acids is 1. The highest BCUT2D eigenvalue weighted by Gasteiger charge is 2.25. The van der Waals surface area contributed by atoms with Gasteiger partial charge in [0.05, 0.1) is 40.3 Å². The molecule has 0 amide bonds. The molecule has 340 valence electrons. The van der Waals surface area contributed by atoms with Crippen molar-refractivity contribution in [2.75, 3.05) is 41.0 Å². The zero-order valence-electron chi connectivity index (χ0n) is 38.6. The molecule has 0 rings (SSSR count). The maximum atomic E-state index is 12.7. The number of quaternary nitrogens is 1. The molecule has 8 heteroatoms. The normalized spacial score (nSPS) is 13.8. The van der Waals surface area contributed by atoms with Gasteiger partial charge in [0.25, 0.3) is 0 Å². The van der Waals surface area contributed by atoms with Crippen molar-refractivity contribution < 1.29 is 38.2 Å². The van der Waals surface area contributed by atoms with E-state index in [0.717, 1.165) is 83.5 Å². The molecule has 0 bridgehead atoms. The van der Waals surface area contributed by atoms with Crippen molar-refractivity contribution >= 4 is 17.9 Å². The molecule has 0 heterocycles. The van der Waals surface area contributed by atoms with Crippen molar-refractivity contribution in [1.29, 1.82) is 0 Å². The molecule has 2 atom stereocenters. The molecule has 0 saturated heterocycles. The molecule has 0 N–H and O–H groups in total. The Balaban J connectivity index is 4.43. The number of likely N-dealkylation sites (N-methyl/N-ethyl adjacent to an activating group) is 1. The summed E-state index contributed by atoms with van der Waals surface area (Å²) in [6, 6.07) is -0.742. The summed E-state index contributed by atoms with van der Waals surface area (Å²) in [6.45, 7) is 4.44. The summed E-state index contributed by atoms with van der Waals surface area (Å²) in [5.74, 6) is -1.85. The van der Waals surface area contributed by atoms with E-state index in [1.165, 1.54) is 38.5 Å². The van der Waals surface area contributed by atoms with Crippen LogP contribution in [0.5, 0.6) is 0 Å². The van der Waals surface area contributed by atoms with Gasteiger partial charge in [-0.1, -0.05) is 150 Å². The van der Waals surface area contributed by atoms with Gasteiger partial charge in [0.2, 0.25) is 0 Å². The van der Waals surface area contributed by atoms with Crippen LogP contribution in [0.1, 0.15) is 162 Å². The highest BCUT2D eigenvalue weighted by atomic mass is 16.6. The largest absolute Gasteiger partial charge is 0.544 e. The molecular formula is C52H85NO7. The van der Waals surface area contributed by atoms with Gasteiger partial charge in [-0.15, -0.1) is 0 Å². The first-order valence-electron chi connectivity index (χ1n) is 23.3. The van der Waals surface area contributed by atoms with Crippen LogP contribution in [0, 0.1) is 0 Å². The molecule has 0 aliphatic carbocycles. The first kappa shape index (κ1) is 56.2. The van der Waals surface area contributed by atoms with E-state index in [9.17, 15) is 19.5 Å². The van der Waals surface area contributed by atoms with Gasteiger partial charge in [0.15, 0.2) is 6.10 Å². The van der Waals surface area contributed by atoms with E-state index in [1.54, 1.807) is 21.1 Å². The SMILES string of the molecule is CC/C=C/C/C=C/C/C=C/C/C=C/C/C=C/C/C=C/C/C=C/CCCC(=O)OCC(COCCC(C(=O)[O-])[N+](C)(C)C)OC(=O)CCCCC/C=C/CCCCCCCC. The van der Waals surface area contributed by atoms with Crippen LogP contribution in [0.3, 0.4) is 0 Å². The maximum absolute atomic E-state index is 12.7. The molecule has 0 radical (unpaired) electrons. The third-order valence-electron chi connectivity index (χ3n) is 9.70. The van der Waals surface area contributed by atoms with E-state index in [2.05, 4.69) is 111 Å². The first-order chi connectivity index (χ1) is 29.1. The Morgan fingerprint density at radius 3 is 1.45 bits per heavy atom. The number of carboxylic acid groups (broad SMARTS) is 1. The van der Waals surface area contributed by atoms with E-state index in [0.29, 0.717) is 6.42 Å². The van der Waals surface area contributed by atoms with Gasteiger partial charge < -0.3 is 28.6 Å². The average molecular weight is 836 g/mol. The molecule has 0 aromatic heterocycles. The number of rotatable bonds is 40. The topological polar surface area (TPSA) is 102 Å². The number of allylic oxidation sites excluding steroid dienone is 16. The molecule has 2 unspecified atom stereocenters. The summed E-state index contributed by atoms with van der Waals surface area (Å²) >= 11 is 0. The number of ether oxygens (including phenoxy) is 3. The molecular weight excluding hydrogens is 751 g/mol. The van der Waals surface area contributed by atoms with Crippen LogP contribution in [-0.4, -0.2) is 75.5 Å². The summed E-state index contributed by atoms with van der Waals surface area (Å²) in [7, 11) is 5.37. The summed E-state index contributed by atoms with van der Waals surface area (Å²) in [5.41, 5.74) is 0. The summed E-state index contributed by atoms with van der Waals surface area (Å²) < 4.78 is 17.1. The number of hydrogen-bond acceptors (Lipinski definition) is 7. The monoisotopic (exact) mass is 836 g/mol. The second kappa shape index (κ2) is 42.0. The number of carbonyl (C=O) groups excluding carboxylic acids is 3. The fourth-order valence-corrected chi connectivity index (χ4v) is 6.11. The number of aliphatic carboxylic acids is 1. The number of carbonyl (C=O) groups is 3. The van der Waals surface area contributed by atoms with Crippen molar-refractivity contribution in [2.24, 2.45) is 0 Å². The molecule has 0 aliphatic rings. The van der Waals surface area contributed by atoms with Gasteiger partial charge in [-0.3, -0.25) is 9.59 Å². The van der Waals surface area contributed by atoms with E-state index in [-0.39, 0.29) is 55.5 Å². The van der Waals surface area contributed by atoms with Crippen molar-refractivity contribution in [1.82, 2.24) is 0 Å². The molecule has 8 nitrogen and oxygen atoms in total. The second-order valence-electron chi connectivity index (χ2n) is 16.3. The molecule has 60 heavy (non-hydrogen) atoms. The van der Waals surface area contributed by atoms with Crippen LogP contribution in [0.15, 0.2) is 97.2 Å². The fourth-order valence-electron chi connectivity index (χ4n) is 6.11. The Labute approximate surface area is 366 Å². The standard InChI is InChI=1S/C52H85NO7/c1-6-8-10-12-14-16-18-20-21-22-23-24-25-26-27-28-29-31-32-34-36-38-40-42-50(54)59-47-48(46-58-45-44-49(52(56)57)53(3,4)5)60-51(55)43-41-39-37-35-33-30-19-17-15-13-11-9-7-2/h8,10,14,16,20-21,23-24,26-27,29-31,33-34,36,48-49H,6-7,9,11-13,15,17-19,22,25,28,32,35,37-47H2,1-5H3/b10-8+,16-14+,21-20+,24-23+,27-26+,31-29+,33-30+,36-34+. The van der Waals surface area contributed by atoms with Crippen LogP contribution < -0.4 is 5.11 Å². The van der Waals surface area contributed by atoms with Crippen LogP contribution >= 0.6 is 0 Å². The van der Waals surface area contributed by atoms with Crippen LogP contribution in [0.4, 0.5) is 0 Å². The predicted molar refractivity (Wildman–Crippen MR) is 249 cm³/mol. The van der Waals surface area contributed by atoms with Gasteiger partial charge in [-0.25, -0.2) is 0 Å². The number of unbranched alkanes of at least 4 members (excludes halogenated alkanes) is 10. The molecule has 0 aromatic rings. The number of esters is 2. The lowest BCUT2D eigenvalue weighted by molar-refractivity contribution is -0.889. The smallest absolute Gasteiger partial charge is 0.306 e. The number of nitrogens with zero attached hydrogens (tertiary/aromatic N) is 1. The minimum Gasteiger partial charge on any atom is -0.544 e. The van der Waals surface area contributed by atoms with Gasteiger partial charge in [0, 0.05) is 19.3 Å². The van der Waals surface area contributed by atoms with Crippen molar-refractivity contribution in [3.05, 3.63) is 97.2 Å². The zero-order chi connectivity index (χ0) is 44.2. The van der Waals surface area contributed by atoms with Gasteiger partial charge in [-0.2, -0.15) is 0 Å². The summed E-state index contributed by atoms with van der Waals surface area (Å²) in [4.78, 5) is 36.9. The number of hydrogen-bond donors (Lipinski definition) is 0. The van der Waals surface area contributed by atoms with Crippen LogP contribution in [-0.2, 0) is 28.6 Å². The molecule has 0 saturated carbocycles. The highest BCUT2D eigenvalue weighted by Crippen LogP contribution is 2.12. The quantitative estimate of drug-likeness (QED) is 0.0262. The minimum absolute atomic E-state index is 0.0106. The Bertz CT molecular complexity index is 1300. The average Bonchev–Trinajstić information content (AvgIpc) is 3.21. The van der Waals surface area contributed by atoms with Crippen molar-refractivity contribution in [2.45, 2.75) is 174 Å². The van der Waals surface area contributed by atoms with Crippen molar-refractivity contribution in [3.8, 4) is 0 Å². The fraction of sp³-hybridized carbons (Fsp3) is 0.635. The lowest BCUT2D eigenvalue weighted by Gasteiger charge is -2.34. The Hall–Kier alpha value is -3.75. The lowest BCUT2D eigenvalue weighted by Crippen LogP contribution is -2.55. The molecule has 0 aromatic carbocycles. The second-order valence-corrected chi connectivity index (χ2v) is 16.3. The molecule has 0 spiro atoms. The molecule has 0 fully saturated rings. The Morgan fingerprint density at radius 2 is 0.950 bits per heavy atom. The highest BCUT2D eigenvalue weighted by molar-refractivity contribution is 5.70. The van der Waals surface area contributed by atoms with E-state index >= 15 is 0 Å². The Kier molecular flexibility index (Phi) is 39.3.